The maximum absolute atomic E-state index is 11.6. The van der Waals surface area contributed by atoms with Crippen molar-refractivity contribution in [3.8, 4) is 0 Å². The number of fused-ring (bicyclic) bond motifs is 1. The number of likely N-dealkylation sites (N-methyl/N-ethyl adjacent to an activating group) is 1. The maximum Gasteiger partial charge on any atom is 0.335 e. The zero-order valence-corrected chi connectivity index (χ0v) is 14.3. The number of carboxylic acid groups (broad SMARTS) is 1. The van der Waals surface area contributed by atoms with Gasteiger partial charge >= 0.3 is 5.97 Å². The van der Waals surface area contributed by atoms with Gasteiger partial charge < -0.3 is 15.1 Å². The molecule has 4 nitrogen and oxygen atoms in total. The van der Waals surface area contributed by atoms with Crippen LogP contribution in [0.25, 0.3) is 0 Å². The summed E-state index contributed by atoms with van der Waals surface area (Å²) in [5.41, 5.74) is 1.48. The van der Waals surface area contributed by atoms with Crippen molar-refractivity contribution in [1.82, 2.24) is 4.90 Å². The fourth-order valence-corrected chi connectivity index (χ4v) is 4.96. The molecule has 1 aliphatic heterocycles. The quantitative estimate of drug-likeness (QED) is 0.900. The summed E-state index contributed by atoms with van der Waals surface area (Å²) in [5, 5.41) is 21.0. The number of hydrogen-bond donors (Lipinski definition) is 2. The van der Waals surface area contributed by atoms with Crippen LogP contribution in [0.4, 0.5) is 0 Å². The van der Waals surface area contributed by atoms with Gasteiger partial charge in [0, 0.05) is 11.5 Å². The van der Waals surface area contributed by atoms with Crippen LogP contribution in [0, 0.1) is 0 Å². The molecular formula is C19H27NO3. The molecule has 0 amide bonds. The first kappa shape index (κ1) is 16.5. The van der Waals surface area contributed by atoms with E-state index >= 15 is 0 Å². The molecular weight excluding hydrogens is 290 g/mol. The molecule has 2 fully saturated rings. The van der Waals surface area contributed by atoms with E-state index in [-0.39, 0.29) is 11.5 Å². The van der Waals surface area contributed by atoms with Gasteiger partial charge in [-0.05, 0) is 75.9 Å². The van der Waals surface area contributed by atoms with Gasteiger partial charge in [-0.3, -0.25) is 0 Å². The zero-order valence-electron chi connectivity index (χ0n) is 14.3. The first-order valence-electron chi connectivity index (χ1n) is 8.65. The van der Waals surface area contributed by atoms with Gasteiger partial charge in [-0.2, -0.15) is 0 Å². The number of carbonyl (C=O) groups is 1. The molecule has 0 aromatic heterocycles. The predicted molar refractivity (Wildman–Crippen MR) is 90.0 cm³/mol. The number of aliphatic hydroxyl groups is 1. The Hall–Kier alpha value is -1.39. The van der Waals surface area contributed by atoms with Crippen LogP contribution in [0.2, 0.25) is 0 Å². The summed E-state index contributed by atoms with van der Waals surface area (Å²) in [5.74, 6) is -0.896. The lowest BCUT2D eigenvalue weighted by Crippen LogP contribution is -2.64. The molecule has 0 spiro atoms. The molecule has 1 saturated carbocycles. The van der Waals surface area contributed by atoms with Gasteiger partial charge in [0.25, 0.3) is 0 Å². The van der Waals surface area contributed by atoms with E-state index in [0.29, 0.717) is 5.56 Å². The Balaban J connectivity index is 2.19. The fourth-order valence-electron chi connectivity index (χ4n) is 4.96. The minimum atomic E-state index is -0.896. The molecule has 0 radical (unpaired) electrons. The molecule has 3 rings (SSSR count). The average molecular weight is 317 g/mol. The first-order valence-corrected chi connectivity index (χ1v) is 8.65. The monoisotopic (exact) mass is 317 g/mol. The molecule has 4 heteroatoms. The molecule has 0 bridgehead atoms. The summed E-state index contributed by atoms with van der Waals surface area (Å²) in [6.45, 7) is 5.14. The highest BCUT2D eigenvalue weighted by Gasteiger charge is 2.60. The van der Waals surface area contributed by atoms with Crippen LogP contribution in [0.5, 0.6) is 0 Å². The predicted octanol–water partition coefficient (Wildman–Crippen LogP) is 2.82. The molecule has 1 aromatic rings. The van der Waals surface area contributed by atoms with Crippen LogP contribution < -0.4 is 0 Å². The van der Waals surface area contributed by atoms with E-state index in [9.17, 15) is 15.0 Å². The van der Waals surface area contributed by atoms with Crippen molar-refractivity contribution in [2.45, 2.75) is 63.0 Å². The number of likely N-dealkylation sites (tertiary alicyclic amines) is 1. The highest BCUT2D eigenvalue weighted by atomic mass is 16.4. The van der Waals surface area contributed by atoms with Crippen molar-refractivity contribution in [3.05, 3.63) is 34.9 Å². The summed E-state index contributed by atoms with van der Waals surface area (Å²) in [4.78, 5) is 13.7. The molecule has 126 valence electrons. The molecule has 2 N–H and O–H groups in total. The van der Waals surface area contributed by atoms with E-state index < -0.39 is 11.6 Å². The number of rotatable bonds is 3. The van der Waals surface area contributed by atoms with E-state index in [1.807, 2.05) is 12.1 Å². The SMILES string of the molecule is CCc1ccc(C(=O)O)cc1[C@@]12CCCC1(O)C(C)N(C)CC2. The van der Waals surface area contributed by atoms with Gasteiger partial charge in [0.2, 0.25) is 0 Å². The van der Waals surface area contributed by atoms with Gasteiger partial charge in [0.15, 0.2) is 0 Å². The Morgan fingerprint density at radius 3 is 2.74 bits per heavy atom. The zero-order chi connectivity index (χ0) is 16.8. The second kappa shape index (κ2) is 5.60. The molecule has 1 heterocycles. The van der Waals surface area contributed by atoms with E-state index in [2.05, 4.69) is 25.8 Å². The van der Waals surface area contributed by atoms with Gasteiger partial charge in [-0.1, -0.05) is 13.0 Å². The minimum absolute atomic E-state index is 0.0805. The Kier molecular flexibility index (Phi) is 4.01. The van der Waals surface area contributed by atoms with Crippen LogP contribution in [0.3, 0.4) is 0 Å². The Morgan fingerprint density at radius 1 is 1.35 bits per heavy atom. The number of hydrogen-bond acceptors (Lipinski definition) is 3. The lowest BCUT2D eigenvalue weighted by atomic mass is 9.61. The van der Waals surface area contributed by atoms with Crippen LogP contribution in [0.15, 0.2) is 18.2 Å². The summed E-state index contributed by atoms with van der Waals surface area (Å²) in [7, 11) is 2.07. The number of piperidine rings is 1. The largest absolute Gasteiger partial charge is 0.478 e. The van der Waals surface area contributed by atoms with E-state index in [0.717, 1.165) is 44.2 Å². The lowest BCUT2D eigenvalue weighted by molar-refractivity contribution is -0.110. The number of aromatic carboxylic acids is 1. The van der Waals surface area contributed by atoms with E-state index in [4.69, 9.17) is 0 Å². The summed E-state index contributed by atoms with van der Waals surface area (Å²) >= 11 is 0. The molecule has 23 heavy (non-hydrogen) atoms. The summed E-state index contributed by atoms with van der Waals surface area (Å²) < 4.78 is 0. The smallest absolute Gasteiger partial charge is 0.335 e. The van der Waals surface area contributed by atoms with Crippen LogP contribution >= 0.6 is 0 Å². The standard InChI is InChI=1S/C19H27NO3/c1-4-14-6-7-15(17(21)22)12-16(14)18-8-5-9-19(18,23)13(2)20(3)11-10-18/h6-7,12-13,23H,4-5,8-11H2,1-3H3,(H,21,22)/t13?,18-,19?/m0/s1. The topological polar surface area (TPSA) is 60.8 Å². The molecule has 2 aliphatic rings. The van der Waals surface area contributed by atoms with Gasteiger partial charge in [-0.15, -0.1) is 0 Å². The summed E-state index contributed by atoms with van der Waals surface area (Å²) in [6.07, 6.45) is 4.48. The summed E-state index contributed by atoms with van der Waals surface area (Å²) in [6, 6.07) is 5.54. The van der Waals surface area contributed by atoms with E-state index in [1.165, 1.54) is 5.56 Å². The van der Waals surface area contributed by atoms with Crippen molar-refractivity contribution in [2.24, 2.45) is 0 Å². The maximum atomic E-state index is 11.6. The van der Waals surface area contributed by atoms with Gasteiger partial charge in [-0.25, -0.2) is 4.79 Å². The molecule has 1 aliphatic carbocycles. The third-order valence-electron chi connectivity index (χ3n) is 6.49. The van der Waals surface area contributed by atoms with Crippen LogP contribution in [0.1, 0.15) is 61.0 Å². The van der Waals surface area contributed by atoms with Gasteiger partial charge in [0.1, 0.15) is 0 Å². The number of aryl methyl sites for hydroxylation is 1. The van der Waals surface area contributed by atoms with Crippen LogP contribution in [-0.4, -0.2) is 46.3 Å². The number of carboxylic acids is 1. The number of benzene rings is 1. The van der Waals surface area contributed by atoms with Crippen LogP contribution in [-0.2, 0) is 11.8 Å². The Bertz CT molecular complexity index is 629. The number of nitrogens with zero attached hydrogens (tertiary/aromatic N) is 1. The fraction of sp³-hybridized carbons (Fsp3) is 0.632. The third-order valence-corrected chi connectivity index (χ3v) is 6.49. The third kappa shape index (κ3) is 2.23. The minimum Gasteiger partial charge on any atom is -0.478 e. The highest BCUT2D eigenvalue weighted by Crippen LogP contribution is 2.56. The normalized spacial score (nSPS) is 34.3. The average Bonchev–Trinajstić information content (AvgIpc) is 2.90. The van der Waals surface area contributed by atoms with E-state index in [1.54, 1.807) is 6.07 Å². The van der Waals surface area contributed by atoms with Crippen molar-refractivity contribution in [1.29, 1.82) is 0 Å². The highest BCUT2D eigenvalue weighted by molar-refractivity contribution is 5.88. The second-order valence-electron chi connectivity index (χ2n) is 7.30. The van der Waals surface area contributed by atoms with Crippen molar-refractivity contribution in [2.75, 3.05) is 13.6 Å². The Morgan fingerprint density at radius 2 is 2.09 bits per heavy atom. The van der Waals surface area contributed by atoms with Gasteiger partial charge in [0.05, 0.1) is 11.2 Å². The first-order chi connectivity index (χ1) is 10.9. The van der Waals surface area contributed by atoms with Crippen molar-refractivity contribution in [3.63, 3.8) is 0 Å². The molecule has 2 unspecified atom stereocenters. The molecule has 1 aromatic carbocycles. The lowest BCUT2D eigenvalue weighted by Gasteiger charge is -2.54. The van der Waals surface area contributed by atoms with Crippen molar-refractivity contribution < 1.29 is 15.0 Å². The molecule has 1 saturated heterocycles. The second-order valence-corrected chi connectivity index (χ2v) is 7.30. The molecule has 3 atom stereocenters. The van der Waals surface area contributed by atoms with Crippen molar-refractivity contribution >= 4 is 5.97 Å². The Labute approximate surface area is 138 Å².